The van der Waals surface area contributed by atoms with Gasteiger partial charge in [0.15, 0.2) is 5.58 Å². The van der Waals surface area contributed by atoms with Crippen LogP contribution in [0.3, 0.4) is 0 Å². The molecule has 7 heteroatoms. The molecular formula is C23H32N6O. The Morgan fingerprint density at radius 2 is 1.93 bits per heavy atom. The number of nitrogens with two attached hydrogens (primary N) is 1. The van der Waals surface area contributed by atoms with Gasteiger partial charge in [-0.1, -0.05) is 26.5 Å². The maximum Gasteiger partial charge on any atom is 0.292 e. The molecule has 1 saturated heterocycles. The molecule has 1 fully saturated rings. The van der Waals surface area contributed by atoms with Crippen molar-refractivity contribution < 1.29 is 4.42 Å². The Morgan fingerprint density at radius 3 is 2.63 bits per heavy atom. The van der Waals surface area contributed by atoms with Gasteiger partial charge in [-0.15, -0.1) is 0 Å². The first kappa shape index (κ1) is 21.8. The van der Waals surface area contributed by atoms with Crippen molar-refractivity contribution in [1.82, 2.24) is 19.7 Å². The fourth-order valence-electron chi connectivity index (χ4n) is 3.58. The van der Waals surface area contributed by atoms with Crippen molar-refractivity contribution in [3.63, 3.8) is 0 Å². The number of hydrogen-bond donors (Lipinski definition) is 2. The van der Waals surface area contributed by atoms with Gasteiger partial charge in [0.1, 0.15) is 11.4 Å². The SMILES string of the molecule is C=C1C(C)=CC(c2ccc3nc(N)oc3c2)=CN1C(=N)CN1CCN(C)CC1.CC. The second kappa shape index (κ2) is 9.28. The minimum absolute atomic E-state index is 0.167. The number of aromatic nitrogens is 1. The van der Waals surface area contributed by atoms with Crippen LogP contribution in [0.4, 0.5) is 6.01 Å². The number of allylic oxidation sites excluding steroid dienone is 3. The number of nitrogens with zero attached hydrogens (tertiary/aromatic N) is 4. The van der Waals surface area contributed by atoms with Crippen LogP contribution in [0, 0.1) is 5.41 Å². The molecule has 1 aromatic carbocycles. The van der Waals surface area contributed by atoms with E-state index in [1.165, 1.54) is 0 Å². The van der Waals surface area contributed by atoms with Crippen molar-refractivity contribution in [3.8, 4) is 0 Å². The van der Waals surface area contributed by atoms with E-state index in [0.717, 1.165) is 54.1 Å². The molecule has 30 heavy (non-hydrogen) atoms. The molecule has 2 aliphatic rings. The topological polar surface area (TPSA) is 85.6 Å². The molecule has 1 aromatic heterocycles. The highest BCUT2D eigenvalue weighted by Crippen LogP contribution is 2.30. The van der Waals surface area contributed by atoms with Gasteiger partial charge in [-0.3, -0.25) is 10.3 Å². The van der Waals surface area contributed by atoms with Gasteiger partial charge in [-0.05, 0) is 48.9 Å². The summed E-state index contributed by atoms with van der Waals surface area (Å²) in [6, 6.07) is 6.00. The summed E-state index contributed by atoms with van der Waals surface area (Å²) in [5.74, 6) is 0.532. The summed E-state index contributed by atoms with van der Waals surface area (Å²) in [6.45, 7) is 14.9. The molecule has 0 saturated carbocycles. The number of oxazole rings is 1. The molecule has 0 spiro atoms. The lowest BCUT2D eigenvalue weighted by Crippen LogP contribution is -2.48. The van der Waals surface area contributed by atoms with Gasteiger partial charge < -0.3 is 20.0 Å². The number of benzene rings is 1. The van der Waals surface area contributed by atoms with Gasteiger partial charge >= 0.3 is 0 Å². The van der Waals surface area contributed by atoms with Crippen LogP contribution in [0.25, 0.3) is 16.7 Å². The van der Waals surface area contributed by atoms with Crippen LogP contribution < -0.4 is 5.73 Å². The standard InChI is InChI=1S/C21H26N6O.C2H6/c1-14-10-17(16-4-5-18-19(11-16)28-21(23)24-18)12-27(15(14)2)20(22)13-26-8-6-25(3)7-9-26;1-2/h4-5,10-12,22H,2,6-9,13H2,1,3H3,(H2,23,24);1-2H3. The van der Waals surface area contributed by atoms with Crippen molar-refractivity contribution in [3.05, 3.63) is 53.9 Å². The van der Waals surface area contributed by atoms with E-state index in [1.54, 1.807) is 0 Å². The lowest BCUT2D eigenvalue weighted by Gasteiger charge is -2.35. The first-order valence-corrected chi connectivity index (χ1v) is 10.4. The van der Waals surface area contributed by atoms with Crippen molar-refractivity contribution in [1.29, 1.82) is 5.41 Å². The number of nitrogens with one attached hydrogen (secondary N) is 1. The summed E-state index contributed by atoms with van der Waals surface area (Å²) < 4.78 is 5.47. The first-order chi connectivity index (χ1) is 14.4. The van der Waals surface area contributed by atoms with Crippen molar-refractivity contribution in [2.75, 3.05) is 45.5 Å². The molecule has 4 rings (SSSR count). The van der Waals surface area contributed by atoms with E-state index in [-0.39, 0.29) is 6.01 Å². The van der Waals surface area contributed by atoms with Crippen molar-refractivity contribution in [2.45, 2.75) is 20.8 Å². The number of rotatable bonds is 3. The fourth-order valence-corrected chi connectivity index (χ4v) is 3.58. The van der Waals surface area contributed by atoms with Crippen molar-refractivity contribution >= 4 is 28.5 Å². The van der Waals surface area contributed by atoms with Gasteiger partial charge in [0.25, 0.3) is 6.01 Å². The molecule has 2 aromatic rings. The maximum atomic E-state index is 8.67. The summed E-state index contributed by atoms with van der Waals surface area (Å²) >= 11 is 0. The Kier molecular flexibility index (Phi) is 6.74. The number of likely N-dealkylation sites (N-methyl/N-ethyl adjacent to an activating group) is 1. The molecule has 2 aliphatic heterocycles. The number of anilines is 1. The van der Waals surface area contributed by atoms with Crippen molar-refractivity contribution in [2.24, 2.45) is 0 Å². The van der Waals surface area contributed by atoms with Gasteiger partial charge in [0, 0.05) is 38.1 Å². The number of hydrogen-bond acceptors (Lipinski definition) is 6. The minimum atomic E-state index is 0.167. The lowest BCUT2D eigenvalue weighted by atomic mass is 9.99. The third-order valence-corrected chi connectivity index (χ3v) is 5.38. The zero-order chi connectivity index (χ0) is 21.8. The van der Waals surface area contributed by atoms with E-state index in [9.17, 15) is 0 Å². The number of piperazine rings is 1. The Labute approximate surface area is 178 Å². The molecule has 0 aliphatic carbocycles. The Hall–Kier alpha value is -2.90. The second-order valence-corrected chi connectivity index (χ2v) is 7.49. The molecule has 0 unspecified atom stereocenters. The molecule has 0 atom stereocenters. The van der Waals surface area contributed by atoms with Crippen LogP contribution in [0.1, 0.15) is 26.3 Å². The Balaban J connectivity index is 0.00000124. The lowest BCUT2D eigenvalue weighted by molar-refractivity contribution is 0.168. The Morgan fingerprint density at radius 1 is 1.23 bits per heavy atom. The van der Waals surface area contributed by atoms with E-state index in [4.69, 9.17) is 15.6 Å². The number of nitrogen functional groups attached to an aromatic ring is 1. The normalized spacial score (nSPS) is 18.0. The molecule has 7 nitrogen and oxygen atoms in total. The van der Waals surface area contributed by atoms with Crippen LogP contribution in [0.5, 0.6) is 0 Å². The number of fused-ring (bicyclic) bond motifs is 1. The van der Waals surface area contributed by atoms with Crippen LogP contribution >= 0.6 is 0 Å². The smallest absolute Gasteiger partial charge is 0.292 e. The van der Waals surface area contributed by atoms with E-state index in [1.807, 2.05) is 50.1 Å². The van der Waals surface area contributed by atoms with Crippen LogP contribution in [-0.4, -0.2) is 65.3 Å². The summed E-state index contributed by atoms with van der Waals surface area (Å²) in [5, 5.41) is 8.67. The highest BCUT2D eigenvalue weighted by Gasteiger charge is 2.22. The van der Waals surface area contributed by atoms with Crippen LogP contribution in [-0.2, 0) is 0 Å². The average molecular weight is 409 g/mol. The maximum absolute atomic E-state index is 8.67. The van der Waals surface area contributed by atoms with Gasteiger partial charge in [0.2, 0.25) is 0 Å². The monoisotopic (exact) mass is 408 g/mol. The first-order valence-electron chi connectivity index (χ1n) is 10.4. The zero-order valence-electron chi connectivity index (χ0n) is 18.4. The highest BCUT2D eigenvalue weighted by atomic mass is 16.4. The summed E-state index contributed by atoms with van der Waals surface area (Å²) in [6.07, 6.45) is 4.07. The quantitative estimate of drug-likeness (QED) is 0.594. The molecule has 3 heterocycles. The third kappa shape index (κ3) is 4.63. The second-order valence-electron chi connectivity index (χ2n) is 7.49. The predicted molar refractivity (Wildman–Crippen MR) is 124 cm³/mol. The zero-order valence-corrected chi connectivity index (χ0v) is 18.4. The fraction of sp³-hybridized carbons (Fsp3) is 0.391. The van der Waals surface area contributed by atoms with Crippen LogP contribution in [0.15, 0.2) is 52.7 Å². The third-order valence-electron chi connectivity index (χ3n) is 5.38. The van der Waals surface area contributed by atoms with Gasteiger partial charge in [-0.25, -0.2) is 0 Å². The van der Waals surface area contributed by atoms with Crippen LogP contribution in [0.2, 0.25) is 0 Å². The predicted octanol–water partition coefficient (Wildman–Crippen LogP) is 3.78. The molecule has 3 N–H and O–H groups in total. The Bertz CT molecular complexity index is 994. The van der Waals surface area contributed by atoms with E-state index < -0.39 is 0 Å². The molecule has 160 valence electrons. The molecule has 0 bridgehead atoms. The molecule has 0 amide bonds. The summed E-state index contributed by atoms with van der Waals surface area (Å²) in [5.41, 5.74) is 10.9. The number of amidine groups is 1. The minimum Gasteiger partial charge on any atom is -0.424 e. The average Bonchev–Trinajstić information content (AvgIpc) is 3.12. The highest BCUT2D eigenvalue weighted by molar-refractivity contribution is 5.90. The molecular weight excluding hydrogens is 376 g/mol. The largest absolute Gasteiger partial charge is 0.424 e. The summed E-state index contributed by atoms with van der Waals surface area (Å²) in [4.78, 5) is 10.7. The van der Waals surface area contributed by atoms with Gasteiger partial charge in [-0.2, -0.15) is 4.98 Å². The van der Waals surface area contributed by atoms with Gasteiger partial charge in [0.05, 0.1) is 6.54 Å². The van der Waals surface area contributed by atoms with E-state index >= 15 is 0 Å². The molecule has 0 radical (unpaired) electrons. The van der Waals surface area contributed by atoms with E-state index in [2.05, 4.69) is 34.5 Å². The van der Waals surface area contributed by atoms with E-state index in [0.29, 0.717) is 18.0 Å². The summed E-state index contributed by atoms with van der Waals surface area (Å²) in [7, 11) is 2.14.